The fraction of sp³-hybridized carbons (Fsp3) is 0.531. The van der Waals surface area contributed by atoms with E-state index in [1.54, 1.807) is 22.8 Å². The molecule has 0 aliphatic carbocycles. The van der Waals surface area contributed by atoms with Crippen LogP contribution in [0.25, 0.3) is 17.0 Å². The monoisotopic (exact) mass is 634 g/mol. The van der Waals surface area contributed by atoms with E-state index in [0.29, 0.717) is 44.2 Å². The van der Waals surface area contributed by atoms with Gasteiger partial charge in [-0.25, -0.2) is 22.7 Å². The van der Waals surface area contributed by atoms with Gasteiger partial charge in [0.15, 0.2) is 0 Å². The molecule has 5 heterocycles. The topological polar surface area (TPSA) is 142 Å². The number of nitrogens with zero attached hydrogens (tertiary/aromatic N) is 6. The fourth-order valence-corrected chi connectivity index (χ4v) is 8.36. The zero-order valence-corrected chi connectivity index (χ0v) is 26.6. The van der Waals surface area contributed by atoms with Gasteiger partial charge in [0, 0.05) is 55.9 Å². The van der Waals surface area contributed by atoms with Gasteiger partial charge in [0.1, 0.15) is 0 Å². The molecule has 3 aliphatic rings. The Hall–Kier alpha value is -3.68. The van der Waals surface area contributed by atoms with E-state index in [1.807, 2.05) is 11.7 Å². The van der Waals surface area contributed by atoms with Crippen LogP contribution in [0.15, 0.2) is 37.2 Å². The van der Waals surface area contributed by atoms with Crippen molar-refractivity contribution in [3.05, 3.63) is 54.0 Å². The Morgan fingerprint density at radius 2 is 1.78 bits per heavy atom. The molecule has 3 aromatic rings. The lowest BCUT2D eigenvalue weighted by atomic mass is 9.88. The third-order valence-electron chi connectivity index (χ3n) is 9.50. The first-order valence-corrected chi connectivity index (χ1v) is 17.5. The summed E-state index contributed by atoms with van der Waals surface area (Å²) in [5, 5.41) is 11.4. The van der Waals surface area contributed by atoms with E-state index in [1.165, 1.54) is 5.56 Å². The number of hydrogen-bond donors (Lipinski definition) is 2. The number of imide groups is 1. The normalized spacial score (nSPS) is 21.2. The summed E-state index contributed by atoms with van der Waals surface area (Å²) in [6.07, 6.45) is 10.0. The molecule has 45 heavy (non-hydrogen) atoms. The molecule has 2 amide bonds. The van der Waals surface area contributed by atoms with Crippen LogP contribution in [0.2, 0.25) is 0 Å². The maximum atomic E-state index is 13.1. The predicted molar refractivity (Wildman–Crippen MR) is 173 cm³/mol. The lowest BCUT2D eigenvalue weighted by Crippen LogP contribution is -2.44. The molecule has 240 valence electrons. The Labute approximate surface area is 264 Å². The van der Waals surface area contributed by atoms with Crippen LogP contribution < -0.4 is 10.6 Å². The molecule has 0 saturated carbocycles. The highest BCUT2D eigenvalue weighted by Gasteiger charge is 2.32. The van der Waals surface area contributed by atoms with E-state index in [4.69, 9.17) is 0 Å². The number of piperidine rings is 3. The number of nitrogens with one attached hydrogen (secondary N) is 2. The predicted octanol–water partition coefficient (Wildman–Crippen LogP) is 3.00. The minimum Gasteiger partial charge on any atom is -0.351 e. The van der Waals surface area contributed by atoms with E-state index in [9.17, 15) is 18.0 Å². The van der Waals surface area contributed by atoms with Crippen LogP contribution >= 0.6 is 0 Å². The largest absolute Gasteiger partial charge is 0.351 e. The van der Waals surface area contributed by atoms with Crippen molar-refractivity contribution in [3.8, 4) is 0 Å². The summed E-state index contributed by atoms with van der Waals surface area (Å²) in [6.45, 7) is 7.37. The molecule has 12 nitrogen and oxygen atoms in total. The number of benzene rings is 1. The molecule has 0 radical (unpaired) electrons. The number of likely N-dealkylation sites (tertiary alicyclic amines) is 1. The number of amides is 2. The second-order valence-corrected chi connectivity index (χ2v) is 14.5. The highest BCUT2D eigenvalue weighted by molar-refractivity contribution is 7.89. The summed E-state index contributed by atoms with van der Waals surface area (Å²) < 4.78 is 29.6. The molecule has 3 saturated heterocycles. The Kier molecular flexibility index (Phi) is 9.29. The van der Waals surface area contributed by atoms with Gasteiger partial charge in [-0.15, -0.1) is 0 Å². The molecule has 1 aromatic carbocycles. The number of fused-ring (bicyclic) bond motifs is 1. The first-order chi connectivity index (χ1) is 21.7. The standard InChI is InChI=1S/C32H42N8O4S/c1-3-22-20-33-32(34-21-22)35-25-11-16-40(17-12-25)45(43,44)18-4-13-39-14-9-23(10-15-39)24-5-6-26-28(19-24)38(2)37-30(26)27-7-8-29(41)36-31(27)42/h3,5-6,19-21,23,25,27H,1,4,7-18H2,2H3,(H,33,34,35)(H,36,41,42). The van der Waals surface area contributed by atoms with Gasteiger partial charge in [-0.05, 0) is 75.7 Å². The summed E-state index contributed by atoms with van der Waals surface area (Å²) in [7, 11) is -1.40. The highest BCUT2D eigenvalue weighted by Crippen LogP contribution is 2.34. The maximum absolute atomic E-state index is 13.1. The van der Waals surface area contributed by atoms with Gasteiger partial charge in [-0.1, -0.05) is 24.8 Å². The van der Waals surface area contributed by atoms with Gasteiger partial charge in [-0.3, -0.25) is 19.6 Å². The average Bonchev–Trinajstić information content (AvgIpc) is 3.37. The number of carbonyl (C=O) groups excluding carboxylic acids is 2. The molecular weight excluding hydrogens is 592 g/mol. The minimum absolute atomic E-state index is 0.151. The van der Waals surface area contributed by atoms with E-state index in [0.717, 1.165) is 67.5 Å². The van der Waals surface area contributed by atoms with E-state index >= 15 is 0 Å². The zero-order chi connectivity index (χ0) is 31.6. The van der Waals surface area contributed by atoms with E-state index in [-0.39, 0.29) is 23.6 Å². The summed E-state index contributed by atoms with van der Waals surface area (Å²) in [5.41, 5.74) is 3.85. The Balaban J connectivity index is 0.952. The fourth-order valence-electron chi connectivity index (χ4n) is 6.84. The molecule has 1 atom stereocenters. The molecule has 0 bridgehead atoms. The van der Waals surface area contributed by atoms with Crippen molar-refractivity contribution >= 4 is 44.8 Å². The summed E-state index contributed by atoms with van der Waals surface area (Å²) in [6, 6.07) is 6.56. The summed E-state index contributed by atoms with van der Waals surface area (Å²) in [5.74, 6) is 0.248. The van der Waals surface area contributed by atoms with Crippen LogP contribution in [0, 0.1) is 0 Å². The second kappa shape index (κ2) is 13.4. The van der Waals surface area contributed by atoms with Crippen molar-refractivity contribution in [2.75, 3.05) is 43.8 Å². The summed E-state index contributed by atoms with van der Waals surface area (Å²) in [4.78, 5) is 35.1. The molecular formula is C32H42N8O4S. The number of anilines is 1. The summed E-state index contributed by atoms with van der Waals surface area (Å²) >= 11 is 0. The molecule has 3 fully saturated rings. The van der Waals surface area contributed by atoms with E-state index in [2.05, 4.69) is 55.4 Å². The van der Waals surface area contributed by atoms with Gasteiger partial charge < -0.3 is 10.2 Å². The van der Waals surface area contributed by atoms with Crippen LogP contribution in [0.3, 0.4) is 0 Å². The van der Waals surface area contributed by atoms with Crippen molar-refractivity contribution < 1.29 is 18.0 Å². The van der Waals surface area contributed by atoms with Crippen molar-refractivity contribution in [2.45, 2.75) is 62.8 Å². The van der Waals surface area contributed by atoms with Gasteiger partial charge in [-0.2, -0.15) is 5.10 Å². The van der Waals surface area contributed by atoms with Gasteiger partial charge >= 0.3 is 0 Å². The molecule has 1 unspecified atom stereocenters. The average molecular weight is 635 g/mol. The van der Waals surface area contributed by atoms with Crippen LogP contribution in [-0.4, -0.2) is 93.7 Å². The minimum atomic E-state index is -3.29. The molecule has 13 heteroatoms. The zero-order valence-electron chi connectivity index (χ0n) is 25.8. The SMILES string of the molecule is C=Cc1cnc(NC2CCN(S(=O)(=O)CCCN3CCC(c4ccc5c(C6CCC(=O)NC6=O)nn(C)c5c4)CC3)CC2)nc1. The molecule has 0 spiro atoms. The Bertz CT molecular complexity index is 1660. The first kappa shape index (κ1) is 31.3. The molecule has 6 rings (SSSR count). The second-order valence-electron chi connectivity index (χ2n) is 12.4. The van der Waals surface area contributed by atoms with Gasteiger partial charge in [0.05, 0.1) is 22.9 Å². The highest BCUT2D eigenvalue weighted by atomic mass is 32.2. The van der Waals surface area contributed by atoms with Crippen LogP contribution in [-0.2, 0) is 26.7 Å². The van der Waals surface area contributed by atoms with Crippen LogP contribution in [0.1, 0.15) is 73.6 Å². The van der Waals surface area contributed by atoms with Gasteiger partial charge in [0.25, 0.3) is 0 Å². The number of carbonyl (C=O) groups is 2. The number of sulfonamides is 1. The van der Waals surface area contributed by atoms with Crippen LogP contribution in [0.5, 0.6) is 0 Å². The lowest BCUT2D eigenvalue weighted by molar-refractivity contribution is -0.134. The number of rotatable bonds is 10. The molecule has 3 aliphatic heterocycles. The third-order valence-corrected chi connectivity index (χ3v) is 11.5. The first-order valence-electron chi connectivity index (χ1n) is 15.9. The maximum Gasteiger partial charge on any atom is 0.235 e. The van der Waals surface area contributed by atoms with Crippen molar-refractivity contribution in [3.63, 3.8) is 0 Å². The van der Waals surface area contributed by atoms with Crippen molar-refractivity contribution in [1.82, 2.24) is 34.3 Å². The molecule has 2 N–H and O–H groups in total. The number of aromatic nitrogens is 4. The number of hydrogen-bond acceptors (Lipinski definition) is 9. The molecule has 2 aromatic heterocycles. The quantitative estimate of drug-likeness (QED) is 0.322. The van der Waals surface area contributed by atoms with Gasteiger partial charge in [0.2, 0.25) is 27.8 Å². The van der Waals surface area contributed by atoms with E-state index < -0.39 is 15.9 Å². The Morgan fingerprint density at radius 3 is 2.47 bits per heavy atom. The van der Waals surface area contributed by atoms with Crippen molar-refractivity contribution in [1.29, 1.82) is 0 Å². The Morgan fingerprint density at radius 1 is 1.04 bits per heavy atom. The third kappa shape index (κ3) is 7.10. The lowest BCUT2D eigenvalue weighted by Gasteiger charge is -2.33. The smallest absolute Gasteiger partial charge is 0.235 e. The van der Waals surface area contributed by atoms with Crippen molar-refractivity contribution in [2.24, 2.45) is 7.05 Å². The van der Waals surface area contributed by atoms with Crippen LogP contribution in [0.4, 0.5) is 5.95 Å². The number of aryl methyl sites for hydroxylation is 1.